The predicted molar refractivity (Wildman–Crippen MR) is 95.4 cm³/mol. The first-order valence-electron chi connectivity index (χ1n) is 8.31. The molecule has 132 valence electrons. The lowest BCUT2D eigenvalue weighted by Crippen LogP contribution is -2.33. The van der Waals surface area contributed by atoms with Crippen LogP contribution in [0.5, 0.6) is 0 Å². The Kier molecular flexibility index (Phi) is 6.57. The molecular weight excluding hydrogens is 318 g/mol. The number of benzene rings is 2. The van der Waals surface area contributed by atoms with E-state index in [4.69, 9.17) is 9.84 Å². The van der Waals surface area contributed by atoms with Crippen LogP contribution in [0, 0.1) is 5.92 Å². The smallest absolute Gasteiger partial charge is 0.407 e. The number of ether oxygens (including phenoxy) is 1. The van der Waals surface area contributed by atoms with Crippen LogP contribution in [0.2, 0.25) is 0 Å². The third kappa shape index (κ3) is 5.35. The molecular formula is C20H23NO4. The Morgan fingerprint density at radius 1 is 1.12 bits per heavy atom. The van der Waals surface area contributed by atoms with Crippen molar-refractivity contribution in [3.8, 4) is 0 Å². The molecule has 0 aliphatic carbocycles. The minimum Gasteiger partial charge on any atom is -0.478 e. The SMILES string of the molecule is CCC(C)C(NC(=O)OCc1ccccc1)c1cccc(C(=O)O)c1. The monoisotopic (exact) mass is 341 g/mol. The van der Waals surface area contributed by atoms with Crippen LogP contribution in [-0.2, 0) is 11.3 Å². The maximum Gasteiger partial charge on any atom is 0.407 e. The van der Waals surface area contributed by atoms with E-state index in [0.717, 1.165) is 17.5 Å². The number of carbonyl (C=O) groups excluding carboxylic acids is 1. The Morgan fingerprint density at radius 3 is 2.48 bits per heavy atom. The van der Waals surface area contributed by atoms with Crippen molar-refractivity contribution >= 4 is 12.1 Å². The van der Waals surface area contributed by atoms with Crippen LogP contribution >= 0.6 is 0 Å². The van der Waals surface area contributed by atoms with Crippen LogP contribution < -0.4 is 5.32 Å². The third-order valence-electron chi connectivity index (χ3n) is 4.19. The van der Waals surface area contributed by atoms with E-state index in [1.54, 1.807) is 12.1 Å². The van der Waals surface area contributed by atoms with Crippen molar-refractivity contribution in [1.82, 2.24) is 5.32 Å². The largest absolute Gasteiger partial charge is 0.478 e. The van der Waals surface area contributed by atoms with E-state index in [-0.39, 0.29) is 24.1 Å². The van der Waals surface area contributed by atoms with Gasteiger partial charge in [0.15, 0.2) is 0 Å². The molecule has 25 heavy (non-hydrogen) atoms. The Hall–Kier alpha value is -2.82. The molecule has 0 radical (unpaired) electrons. The molecule has 5 nitrogen and oxygen atoms in total. The van der Waals surface area contributed by atoms with Crippen molar-refractivity contribution in [1.29, 1.82) is 0 Å². The van der Waals surface area contributed by atoms with Crippen LogP contribution in [0.4, 0.5) is 4.79 Å². The van der Waals surface area contributed by atoms with Gasteiger partial charge >= 0.3 is 12.1 Å². The lowest BCUT2D eigenvalue weighted by atomic mass is 9.91. The number of amides is 1. The standard InChI is InChI=1S/C20H23NO4/c1-3-14(2)18(16-10-7-11-17(12-16)19(22)23)21-20(24)25-13-15-8-5-4-6-9-15/h4-12,14,18H,3,13H2,1-2H3,(H,21,24)(H,22,23). The van der Waals surface area contributed by atoms with Crippen molar-refractivity contribution in [2.45, 2.75) is 32.9 Å². The Labute approximate surface area is 147 Å². The normalized spacial score (nSPS) is 12.9. The first-order valence-corrected chi connectivity index (χ1v) is 8.31. The number of hydrogen-bond acceptors (Lipinski definition) is 3. The number of aromatic carboxylic acids is 1. The van der Waals surface area contributed by atoms with Gasteiger partial charge in [0.1, 0.15) is 6.61 Å². The van der Waals surface area contributed by atoms with Gasteiger partial charge in [0.2, 0.25) is 0 Å². The molecule has 0 saturated carbocycles. The van der Waals surface area contributed by atoms with E-state index < -0.39 is 12.1 Å². The molecule has 2 rings (SSSR count). The van der Waals surface area contributed by atoms with Crippen molar-refractivity contribution in [2.24, 2.45) is 5.92 Å². The number of rotatable bonds is 7. The lowest BCUT2D eigenvalue weighted by molar-refractivity contribution is 0.0696. The third-order valence-corrected chi connectivity index (χ3v) is 4.19. The van der Waals surface area contributed by atoms with Gasteiger partial charge < -0.3 is 15.2 Å². The highest BCUT2D eigenvalue weighted by molar-refractivity contribution is 5.87. The maximum atomic E-state index is 12.2. The summed E-state index contributed by atoms with van der Waals surface area (Å²) in [6, 6.07) is 15.8. The molecule has 5 heteroatoms. The van der Waals surface area contributed by atoms with Gasteiger partial charge in [-0.25, -0.2) is 9.59 Å². The molecule has 2 aromatic carbocycles. The fraction of sp³-hybridized carbons (Fsp3) is 0.300. The summed E-state index contributed by atoms with van der Waals surface area (Å²) in [4.78, 5) is 23.4. The van der Waals surface area contributed by atoms with Crippen LogP contribution in [0.3, 0.4) is 0 Å². The molecule has 0 saturated heterocycles. The quantitative estimate of drug-likeness (QED) is 0.783. The van der Waals surface area contributed by atoms with E-state index in [9.17, 15) is 9.59 Å². The van der Waals surface area contributed by atoms with Crippen LogP contribution in [0.15, 0.2) is 54.6 Å². The zero-order valence-corrected chi connectivity index (χ0v) is 14.4. The molecule has 2 unspecified atom stereocenters. The zero-order chi connectivity index (χ0) is 18.2. The van der Waals surface area contributed by atoms with Gasteiger partial charge in [-0.3, -0.25) is 0 Å². The molecule has 0 spiro atoms. The van der Waals surface area contributed by atoms with Crippen LogP contribution in [0.1, 0.15) is 47.8 Å². The summed E-state index contributed by atoms with van der Waals surface area (Å²) in [6.45, 7) is 4.22. The summed E-state index contributed by atoms with van der Waals surface area (Å²) in [5.74, 6) is -0.857. The molecule has 0 heterocycles. The number of nitrogens with one attached hydrogen (secondary N) is 1. The fourth-order valence-corrected chi connectivity index (χ4v) is 2.55. The van der Waals surface area contributed by atoms with Gasteiger partial charge in [-0.05, 0) is 29.2 Å². The highest BCUT2D eigenvalue weighted by atomic mass is 16.5. The Morgan fingerprint density at radius 2 is 1.84 bits per heavy atom. The first kappa shape index (κ1) is 18.5. The molecule has 2 aromatic rings. The topological polar surface area (TPSA) is 75.6 Å². The highest BCUT2D eigenvalue weighted by Crippen LogP contribution is 2.25. The summed E-state index contributed by atoms with van der Waals surface area (Å²) < 4.78 is 5.29. The van der Waals surface area contributed by atoms with Crippen molar-refractivity contribution in [3.63, 3.8) is 0 Å². The molecule has 2 N–H and O–H groups in total. The summed E-state index contributed by atoms with van der Waals surface area (Å²) in [6.07, 6.45) is 0.316. The first-order chi connectivity index (χ1) is 12.0. The summed E-state index contributed by atoms with van der Waals surface area (Å²) in [5, 5.41) is 12.0. The van der Waals surface area contributed by atoms with Gasteiger partial charge in [-0.15, -0.1) is 0 Å². The fourth-order valence-electron chi connectivity index (χ4n) is 2.55. The average Bonchev–Trinajstić information content (AvgIpc) is 2.64. The highest BCUT2D eigenvalue weighted by Gasteiger charge is 2.22. The van der Waals surface area contributed by atoms with E-state index in [2.05, 4.69) is 5.32 Å². The molecule has 0 fully saturated rings. The number of hydrogen-bond donors (Lipinski definition) is 2. The summed E-state index contributed by atoms with van der Waals surface area (Å²) in [5.41, 5.74) is 1.86. The molecule has 0 bridgehead atoms. The van der Waals surface area contributed by atoms with Gasteiger partial charge in [0.25, 0.3) is 0 Å². The average molecular weight is 341 g/mol. The second-order valence-electron chi connectivity index (χ2n) is 6.00. The molecule has 1 amide bonds. The summed E-state index contributed by atoms with van der Waals surface area (Å²) >= 11 is 0. The van der Waals surface area contributed by atoms with E-state index in [0.29, 0.717) is 0 Å². The van der Waals surface area contributed by atoms with E-state index in [1.807, 2.05) is 50.2 Å². The van der Waals surface area contributed by atoms with Crippen molar-refractivity contribution in [3.05, 3.63) is 71.3 Å². The van der Waals surface area contributed by atoms with E-state index in [1.165, 1.54) is 6.07 Å². The van der Waals surface area contributed by atoms with Crippen molar-refractivity contribution in [2.75, 3.05) is 0 Å². The minimum absolute atomic E-state index is 0.133. The number of carboxylic acid groups (broad SMARTS) is 1. The zero-order valence-electron chi connectivity index (χ0n) is 14.4. The minimum atomic E-state index is -0.989. The van der Waals surface area contributed by atoms with Gasteiger partial charge in [0.05, 0.1) is 11.6 Å². The second-order valence-corrected chi connectivity index (χ2v) is 6.00. The lowest BCUT2D eigenvalue weighted by Gasteiger charge is -2.24. The molecule has 2 atom stereocenters. The second kappa shape index (κ2) is 8.87. The number of carbonyl (C=O) groups is 2. The molecule has 0 aliphatic heterocycles. The van der Waals surface area contributed by atoms with Crippen molar-refractivity contribution < 1.29 is 19.4 Å². The molecule has 0 aromatic heterocycles. The van der Waals surface area contributed by atoms with Gasteiger partial charge in [0, 0.05) is 0 Å². The Balaban J connectivity index is 2.08. The number of alkyl carbamates (subject to hydrolysis) is 1. The predicted octanol–water partition coefficient (Wildman–Crippen LogP) is 4.40. The summed E-state index contributed by atoms with van der Waals surface area (Å²) in [7, 11) is 0. The number of carboxylic acids is 1. The molecule has 0 aliphatic rings. The Bertz CT molecular complexity index is 715. The maximum absolute atomic E-state index is 12.2. The van der Waals surface area contributed by atoms with E-state index >= 15 is 0 Å². The van der Waals surface area contributed by atoms with Crippen LogP contribution in [-0.4, -0.2) is 17.2 Å². The van der Waals surface area contributed by atoms with Crippen LogP contribution in [0.25, 0.3) is 0 Å². The van der Waals surface area contributed by atoms with Gasteiger partial charge in [-0.1, -0.05) is 62.7 Å². The van der Waals surface area contributed by atoms with Gasteiger partial charge in [-0.2, -0.15) is 0 Å².